The highest BCUT2D eigenvalue weighted by Gasteiger charge is 2.15. The van der Waals surface area contributed by atoms with Crippen molar-refractivity contribution in [1.29, 1.82) is 0 Å². The van der Waals surface area contributed by atoms with Crippen LogP contribution in [0.4, 0.5) is 17.1 Å². The Morgan fingerprint density at radius 3 is 1.84 bits per heavy atom. The van der Waals surface area contributed by atoms with Crippen LogP contribution in [-0.2, 0) is 0 Å². The molecule has 32 heavy (non-hydrogen) atoms. The Morgan fingerprint density at radius 2 is 1.19 bits per heavy atom. The van der Waals surface area contributed by atoms with Crippen molar-refractivity contribution in [2.45, 2.75) is 0 Å². The van der Waals surface area contributed by atoms with Gasteiger partial charge in [0, 0.05) is 17.1 Å². The Morgan fingerprint density at radius 1 is 0.594 bits per heavy atom. The number of rotatable bonds is 5. The van der Waals surface area contributed by atoms with Gasteiger partial charge in [-0.25, -0.2) is 0 Å². The zero-order valence-electron chi connectivity index (χ0n) is 22.1. The fraction of sp³-hybridized carbons (Fsp3) is 0. The topological polar surface area (TPSA) is 43.7 Å². The van der Waals surface area contributed by atoms with Gasteiger partial charge in [0.15, 0.2) is 0 Å². The molecule has 0 heterocycles. The van der Waals surface area contributed by atoms with Gasteiger partial charge in [-0.15, -0.1) is 0 Å². The van der Waals surface area contributed by atoms with E-state index in [1.54, 1.807) is 36.4 Å². The Balaban J connectivity index is 1.63. The molecule has 0 saturated carbocycles. The lowest BCUT2D eigenvalue weighted by atomic mass is 9.80. The third-order valence-electron chi connectivity index (χ3n) is 5.35. The second kappa shape index (κ2) is 8.71. The second-order valence-corrected chi connectivity index (χ2v) is 7.38. The molecule has 3 nitrogen and oxygen atoms in total. The summed E-state index contributed by atoms with van der Waals surface area (Å²) in [4.78, 5) is 2.01. The smallest absolute Gasteiger partial charge is 0.423 e. The summed E-state index contributed by atoms with van der Waals surface area (Å²) in [7, 11) is -1.57. The Hall–Kier alpha value is -3.86. The van der Waals surface area contributed by atoms with Crippen molar-refractivity contribution < 1.29 is 16.9 Å². The molecule has 0 aliphatic carbocycles. The molecule has 0 fully saturated rings. The van der Waals surface area contributed by atoms with Crippen LogP contribution in [0.25, 0.3) is 21.9 Å². The van der Waals surface area contributed by atoms with E-state index in [0.717, 1.165) is 27.8 Å². The number of fused-ring (bicyclic) bond motifs is 1. The average molecular weight is 420 g/mol. The zero-order chi connectivity index (χ0) is 26.3. The molecule has 0 aliphatic heterocycles. The van der Waals surface area contributed by atoms with Crippen molar-refractivity contribution in [3.05, 3.63) is 121 Å². The Bertz CT molecular complexity index is 1580. The minimum Gasteiger partial charge on any atom is -0.423 e. The van der Waals surface area contributed by atoms with Gasteiger partial charge in [-0.2, -0.15) is 0 Å². The second-order valence-electron chi connectivity index (χ2n) is 7.38. The van der Waals surface area contributed by atoms with Crippen LogP contribution < -0.4 is 10.4 Å². The zero-order valence-corrected chi connectivity index (χ0v) is 17.1. The van der Waals surface area contributed by atoms with Crippen molar-refractivity contribution in [2.75, 3.05) is 4.90 Å². The lowest BCUT2D eigenvalue weighted by Gasteiger charge is -2.26. The van der Waals surface area contributed by atoms with Crippen LogP contribution in [0.2, 0.25) is 0 Å². The number of anilines is 3. The highest BCUT2D eigenvalue weighted by molar-refractivity contribution is 6.58. The molecule has 0 spiro atoms. The van der Waals surface area contributed by atoms with E-state index in [1.165, 1.54) is 0 Å². The minimum atomic E-state index is -1.57. The molecular formula is C28H22BNO2. The number of hydrogen-bond donors (Lipinski definition) is 2. The van der Waals surface area contributed by atoms with Gasteiger partial charge in [-0.3, -0.25) is 0 Å². The highest BCUT2D eigenvalue weighted by atomic mass is 16.4. The quantitative estimate of drug-likeness (QED) is 0.361. The van der Waals surface area contributed by atoms with Gasteiger partial charge >= 0.3 is 7.12 Å². The normalized spacial score (nSPS) is 13.0. The largest absolute Gasteiger partial charge is 0.488 e. The summed E-state index contributed by atoms with van der Waals surface area (Å²) in [6, 6.07) is 26.5. The first kappa shape index (κ1) is 15.0. The lowest BCUT2D eigenvalue weighted by Crippen LogP contribution is -2.29. The monoisotopic (exact) mass is 420 g/mol. The summed E-state index contributed by atoms with van der Waals surface area (Å²) in [5.41, 5.74) is 3.48. The standard InChI is InChI=1S/C28H22BNO2/c31-29(32)25-13-18-27(19-14-25)30(28-17-12-22-8-4-5-9-24(22)20-28)26-15-10-23(11-16-26)21-6-2-1-3-7-21/h1-20,31-32H/i1D,2D,3D,6D,7D. The predicted octanol–water partition coefficient (Wildman–Crippen LogP) is 5.66. The van der Waals surface area contributed by atoms with Crippen LogP contribution in [0, 0.1) is 0 Å². The number of benzene rings is 5. The van der Waals surface area contributed by atoms with Crippen molar-refractivity contribution in [1.82, 2.24) is 0 Å². The fourth-order valence-corrected chi connectivity index (χ4v) is 3.73. The molecule has 2 N–H and O–H groups in total. The first-order valence-electron chi connectivity index (χ1n) is 12.7. The summed E-state index contributed by atoms with van der Waals surface area (Å²) in [6.45, 7) is 0. The molecule has 0 amide bonds. The van der Waals surface area contributed by atoms with E-state index in [4.69, 9.17) is 6.85 Å². The predicted molar refractivity (Wildman–Crippen MR) is 134 cm³/mol. The maximum Gasteiger partial charge on any atom is 0.488 e. The van der Waals surface area contributed by atoms with Crippen LogP contribution in [-0.4, -0.2) is 17.2 Å². The molecule has 0 bridgehead atoms. The van der Waals surface area contributed by atoms with Crippen molar-refractivity contribution >= 4 is 40.4 Å². The van der Waals surface area contributed by atoms with Crippen molar-refractivity contribution in [3.8, 4) is 11.1 Å². The third-order valence-corrected chi connectivity index (χ3v) is 5.35. The average Bonchev–Trinajstić information content (AvgIpc) is 2.92. The van der Waals surface area contributed by atoms with E-state index in [0.29, 0.717) is 11.0 Å². The first-order valence-corrected chi connectivity index (χ1v) is 10.2. The third kappa shape index (κ3) is 4.02. The van der Waals surface area contributed by atoms with Crippen LogP contribution in [0.1, 0.15) is 6.85 Å². The Kier molecular flexibility index (Phi) is 4.09. The molecule has 4 heteroatoms. The van der Waals surface area contributed by atoms with Crippen molar-refractivity contribution in [2.24, 2.45) is 0 Å². The van der Waals surface area contributed by atoms with Crippen LogP contribution in [0.5, 0.6) is 0 Å². The molecule has 0 unspecified atom stereocenters. The molecule has 154 valence electrons. The molecule has 5 aromatic carbocycles. The fourth-order valence-electron chi connectivity index (χ4n) is 3.73. The molecule has 5 rings (SSSR count). The van der Waals surface area contributed by atoms with Gasteiger partial charge in [-0.1, -0.05) is 84.8 Å². The molecule has 0 radical (unpaired) electrons. The molecule has 0 saturated heterocycles. The molecule has 5 aromatic rings. The van der Waals surface area contributed by atoms with E-state index in [9.17, 15) is 10.0 Å². The van der Waals surface area contributed by atoms with Crippen LogP contribution >= 0.6 is 0 Å². The maximum absolute atomic E-state index is 9.52. The number of hydrogen-bond acceptors (Lipinski definition) is 3. The minimum absolute atomic E-state index is 0.149. The van der Waals surface area contributed by atoms with Gasteiger partial charge in [0.05, 0.1) is 6.85 Å². The van der Waals surface area contributed by atoms with Gasteiger partial charge in [0.1, 0.15) is 0 Å². The molecule has 0 atom stereocenters. The summed E-state index contributed by atoms with van der Waals surface area (Å²) in [6.07, 6.45) is 0. The summed E-state index contributed by atoms with van der Waals surface area (Å²) in [5, 5.41) is 21.2. The van der Waals surface area contributed by atoms with Gasteiger partial charge < -0.3 is 14.9 Å². The van der Waals surface area contributed by atoms with Gasteiger partial charge in [0.2, 0.25) is 0 Å². The van der Waals surface area contributed by atoms with Crippen LogP contribution in [0.15, 0.2) is 121 Å². The van der Waals surface area contributed by atoms with E-state index < -0.39 is 13.2 Å². The van der Waals surface area contributed by atoms with Crippen LogP contribution in [0.3, 0.4) is 0 Å². The van der Waals surface area contributed by atoms with E-state index >= 15 is 0 Å². The SMILES string of the molecule is [2H]c1c([2H])c([2H])c(-c2ccc(N(c3ccc(B(O)O)cc3)c3ccc4ccccc4c3)cc2)c([2H])c1[2H]. The maximum atomic E-state index is 9.52. The lowest BCUT2D eigenvalue weighted by molar-refractivity contribution is 0.426. The highest BCUT2D eigenvalue weighted by Crippen LogP contribution is 2.36. The molecule has 0 aliphatic rings. The summed E-state index contributed by atoms with van der Waals surface area (Å²) < 4.78 is 40.4. The number of nitrogens with zero attached hydrogens (tertiary/aromatic N) is 1. The summed E-state index contributed by atoms with van der Waals surface area (Å²) in [5.74, 6) is 0. The van der Waals surface area contributed by atoms with Gasteiger partial charge in [0.25, 0.3) is 0 Å². The summed E-state index contributed by atoms with van der Waals surface area (Å²) >= 11 is 0. The molecule has 0 aromatic heterocycles. The van der Waals surface area contributed by atoms with E-state index in [2.05, 4.69) is 6.07 Å². The molecular weight excluding hydrogens is 393 g/mol. The first-order chi connectivity index (χ1) is 17.8. The van der Waals surface area contributed by atoms with E-state index in [1.807, 2.05) is 53.4 Å². The Labute approximate surface area is 195 Å². The van der Waals surface area contributed by atoms with E-state index in [-0.39, 0.29) is 29.7 Å². The van der Waals surface area contributed by atoms with Gasteiger partial charge in [-0.05, 0) is 63.8 Å². The van der Waals surface area contributed by atoms with Crippen molar-refractivity contribution in [3.63, 3.8) is 0 Å².